The third kappa shape index (κ3) is 11.7. The summed E-state index contributed by atoms with van der Waals surface area (Å²) < 4.78 is 2.58. The summed E-state index contributed by atoms with van der Waals surface area (Å²) in [5.41, 5.74) is 21.1. The van der Waals surface area contributed by atoms with Crippen LogP contribution in [-0.2, 0) is 19.4 Å². The number of thiazole rings is 1. The van der Waals surface area contributed by atoms with Gasteiger partial charge in [0.25, 0.3) is 0 Å². The van der Waals surface area contributed by atoms with Gasteiger partial charge in [-0.2, -0.15) is 5.53 Å². The van der Waals surface area contributed by atoms with Gasteiger partial charge in [-0.25, -0.2) is 10.4 Å². The summed E-state index contributed by atoms with van der Waals surface area (Å²) in [6.45, 7) is 28.2. The highest BCUT2D eigenvalue weighted by Crippen LogP contribution is 2.48. The Morgan fingerprint density at radius 3 is 2.47 bits per heavy atom. The topological polar surface area (TPSA) is 87.5 Å². The average molecular weight is 836 g/mol. The lowest BCUT2D eigenvalue weighted by Crippen LogP contribution is -2.48. The first kappa shape index (κ1) is 46.0. The van der Waals surface area contributed by atoms with Gasteiger partial charge in [0.1, 0.15) is 0 Å². The van der Waals surface area contributed by atoms with Crippen LogP contribution in [0.3, 0.4) is 0 Å². The molecule has 9 nitrogen and oxygen atoms in total. The monoisotopic (exact) mass is 836 g/mol. The molecule has 3 aliphatic rings. The Labute approximate surface area is 366 Å². The van der Waals surface area contributed by atoms with Gasteiger partial charge in [0.05, 0.1) is 28.1 Å². The Balaban J connectivity index is 1.17. The van der Waals surface area contributed by atoms with Gasteiger partial charge in [-0.05, 0) is 120 Å². The van der Waals surface area contributed by atoms with E-state index in [0.29, 0.717) is 11.8 Å². The molecule has 1 saturated heterocycles. The molecule has 2 aromatic heterocycles. The fourth-order valence-electron chi connectivity index (χ4n) is 9.55. The quantitative estimate of drug-likeness (QED) is 0.0293. The Morgan fingerprint density at radius 2 is 1.83 bits per heavy atom. The first-order valence-corrected chi connectivity index (χ1v) is 24.0. The summed E-state index contributed by atoms with van der Waals surface area (Å²) in [6, 6.07) is 8.16. The largest absolute Gasteiger partial charge is 0.368 e. The van der Waals surface area contributed by atoms with Crippen molar-refractivity contribution in [3.8, 4) is 11.3 Å². The molecule has 2 saturated carbocycles. The lowest BCUT2D eigenvalue weighted by atomic mass is 9.80. The number of fused-ring (bicyclic) bond motifs is 1. The maximum absolute atomic E-state index is 8.65. The summed E-state index contributed by atoms with van der Waals surface area (Å²) in [6.07, 6.45) is 18.7. The van der Waals surface area contributed by atoms with Crippen LogP contribution in [0.15, 0.2) is 65.9 Å². The number of hydrogen-bond donors (Lipinski definition) is 4. The maximum Gasteiger partial charge on any atom is 0.0932 e. The summed E-state index contributed by atoms with van der Waals surface area (Å²) in [7, 11) is 4.19. The van der Waals surface area contributed by atoms with E-state index in [1.54, 1.807) is 17.6 Å². The Bertz CT molecular complexity index is 1980. The fourth-order valence-corrected chi connectivity index (χ4v) is 10.4. The molecule has 1 aliphatic heterocycles. The lowest BCUT2D eigenvalue weighted by molar-refractivity contribution is 0.157. The van der Waals surface area contributed by atoms with Gasteiger partial charge in [0, 0.05) is 84.6 Å². The van der Waals surface area contributed by atoms with Crippen LogP contribution >= 0.6 is 11.3 Å². The van der Waals surface area contributed by atoms with Crippen LogP contribution in [0.1, 0.15) is 116 Å². The Morgan fingerprint density at radius 1 is 1.10 bits per heavy atom. The highest BCUT2D eigenvalue weighted by atomic mass is 32.1. The van der Waals surface area contributed by atoms with Crippen molar-refractivity contribution in [2.45, 2.75) is 131 Å². The number of unbranched alkanes of at least 4 members (excludes halogenated alkanes) is 3. The lowest BCUT2D eigenvalue weighted by Gasteiger charge is -2.36. The molecule has 328 valence electrons. The van der Waals surface area contributed by atoms with Crippen molar-refractivity contribution in [2.75, 3.05) is 46.8 Å². The number of hydrogen-bond acceptors (Lipinski definition) is 9. The first-order valence-electron chi connectivity index (χ1n) is 23.1. The molecule has 0 amide bonds. The minimum atomic E-state index is 0.0966. The van der Waals surface area contributed by atoms with Crippen molar-refractivity contribution < 1.29 is 0 Å². The third-order valence-electron chi connectivity index (χ3n) is 13.1. The van der Waals surface area contributed by atoms with E-state index in [4.69, 9.17) is 10.4 Å². The van der Waals surface area contributed by atoms with Crippen LogP contribution in [0.25, 0.3) is 27.7 Å². The highest BCUT2D eigenvalue weighted by molar-refractivity contribution is 7.09. The number of aromatic nitrogens is 2. The van der Waals surface area contributed by atoms with Crippen LogP contribution in [0.5, 0.6) is 0 Å². The van der Waals surface area contributed by atoms with Gasteiger partial charge in [0.15, 0.2) is 0 Å². The van der Waals surface area contributed by atoms with E-state index >= 15 is 0 Å². The molecule has 60 heavy (non-hydrogen) atoms. The van der Waals surface area contributed by atoms with Gasteiger partial charge in [-0.3, -0.25) is 4.90 Å². The van der Waals surface area contributed by atoms with Crippen LogP contribution in [0, 0.1) is 22.7 Å². The molecule has 0 radical (unpaired) electrons. The van der Waals surface area contributed by atoms with Crippen LogP contribution < -0.4 is 16.4 Å². The van der Waals surface area contributed by atoms with Crippen molar-refractivity contribution >= 4 is 34.0 Å². The maximum atomic E-state index is 8.65. The summed E-state index contributed by atoms with van der Waals surface area (Å²) in [5.74, 6) is 1.05. The second kappa shape index (κ2) is 21.0. The van der Waals surface area contributed by atoms with Crippen molar-refractivity contribution in [2.24, 2.45) is 17.3 Å². The number of nitrogens with zero attached hydrogens (tertiary/aromatic N) is 5. The van der Waals surface area contributed by atoms with Gasteiger partial charge < -0.3 is 25.2 Å². The fraction of sp³-hybridized carbons (Fsp3) is 0.600. The average Bonchev–Trinajstić information content (AvgIpc) is 4.13. The summed E-state index contributed by atoms with van der Waals surface area (Å²) in [5, 5.41) is 13.5. The molecule has 3 fully saturated rings. The van der Waals surface area contributed by atoms with E-state index in [0.717, 1.165) is 107 Å². The molecule has 4 N–H and O–H groups in total. The minimum absolute atomic E-state index is 0.0966. The highest BCUT2D eigenvalue weighted by Gasteiger charge is 2.35. The summed E-state index contributed by atoms with van der Waals surface area (Å²) >= 11 is 1.80. The molecule has 3 heterocycles. The third-order valence-corrected chi connectivity index (χ3v) is 14.0. The van der Waals surface area contributed by atoms with Crippen molar-refractivity contribution in [1.29, 1.82) is 5.41 Å². The zero-order valence-electron chi connectivity index (χ0n) is 38.4. The van der Waals surface area contributed by atoms with E-state index in [9.17, 15) is 0 Å². The van der Waals surface area contributed by atoms with Gasteiger partial charge in [-0.15, -0.1) is 17.9 Å². The number of piperazine rings is 1. The van der Waals surface area contributed by atoms with E-state index in [2.05, 4.69) is 140 Å². The van der Waals surface area contributed by atoms with Crippen LogP contribution in [0.4, 0.5) is 0 Å². The number of benzene rings is 1. The van der Waals surface area contributed by atoms with E-state index in [1.165, 1.54) is 69.6 Å². The predicted molar refractivity (Wildman–Crippen MR) is 257 cm³/mol. The second-order valence-electron chi connectivity index (χ2n) is 19.1. The molecule has 3 aromatic rings. The van der Waals surface area contributed by atoms with Gasteiger partial charge >= 0.3 is 0 Å². The number of likely N-dealkylation sites (N-methyl/N-ethyl adjacent to an activating group) is 1. The number of nitrogens with one attached hydrogen (secondary N) is 4. The first-order chi connectivity index (χ1) is 28.8. The smallest absolute Gasteiger partial charge is 0.0932 e. The van der Waals surface area contributed by atoms with Crippen LogP contribution in [0.2, 0.25) is 0 Å². The zero-order chi connectivity index (χ0) is 43.0. The normalized spacial score (nSPS) is 19.1. The van der Waals surface area contributed by atoms with Crippen molar-refractivity contribution in [3.05, 3.63) is 82.1 Å². The second-order valence-corrected chi connectivity index (χ2v) is 20.1. The number of hydrazine groups is 2. The van der Waals surface area contributed by atoms with Crippen molar-refractivity contribution in [3.63, 3.8) is 0 Å². The Hall–Kier alpha value is -3.54. The number of allylic oxidation sites excluding steroid dienone is 5. The Kier molecular flexibility index (Phi) is 16.1. The van der Waals surface area contributed by atoms with Crippen molar-refractivity contribution in [1.82, 2.24) is 40.6 Å². The molecule has 1 aromatic carbocycles. The minimum Gasteiger partial charge on any atom is -0.368 e. The van der Waals surface area contributed by atoms with E-state index < -0.39 is 0 Å². The molecule has 2 atom stereocenters. The summed E-state index contributed by atoms with van der Waals surface area (Å²) in [4.78, 5) is 12.5. The van der Waals surface area contributed by atoms with Gasteiger partial charge in [0.2, 0.25) is 0 Å². The molecule has 0 spiro atoms. The van der Waals surface area contributed by atoms with Crippen LogP contribution in [-0.4, -0.2) is 89.4 Å². The van der Waals surface area contributed by atoms with E-state index in [-0.39, 0.29) is 11.5 Å². The zero-order valence-corrected chi connectivity index (χ0v) is 39.2. The molecule has 10 heteroatoms. The molecular formula is C50H77N9S. The van der Waals surface area contributed by atoms with E-state index in [1.807, 2.05) is 0 Å². The number of aryl methyl sites for hydroxylation is 2. The molecule has 2 aliphatic carbocycles. The predicted octanol–water partition coefficient (Wildman–Crippen LogP) is 10.2. The molecule has 2 unspecified atom stereocenters. The SMILES string of the molecule is C=CCCC(C)(C)Cc1c(C(/C=C(\C=N)N2CCN(C3CC3)CC2)=C2/CC2C)n(CC)c2ccc(-c3csc(CCCCCCNNNC(=C)C(C(C)C)N(C)C)n3)cc12. The molecular weight excluding hydrogens is 759 g/mol. The van der Waals surface area contributed by atoms with Gasteiger partial charge in [-0.1, -0.05) is 71.8 Å². The molecule has 0 bridgehead atoms. The molecule has 6 rings (SSSR count). The standard InChI is InChI=1S/C50H77N9S/c1-11-13-23-50(7,8)32-44-42-30-38(45-34-60-47(53-45)18-16-14-15-17-24-52-55-54-37(6)48(35(3)4)56(9)10)19-22-46(42)59(12-2)49(44)43(41-29-36(41)5)31-40(33-51)58-27-25-57(26-28-58)39-20-21-39/h11,19,22,30-31,33-36,39,48,51-52,54-55H,1,6,12-18,20-21,23-29,32H2,2-5,7-10H3/b40-31+,43-41-,51-33?. The number of rotatable bonds is 25.